The Hall–Kier alpha value is -2.75. The summed E-state index contributed by atoms with van der Waals surface area (Å²) >= 11 is 0. The number of hydrogen-bond acceptors (Lipinski definition) is 4. The van der Waals surface area contributed by atoms with Gasteiger partial charge in [-0.15, -0.1) is 0 Å². The van der Waals surface area contributed by atoms with E-state index in [4.69, 9.17) is 9.15 Å². The van der Waals surface area contributed by atoms with Crippen LogP contribution in [0.5, 0.6) is 11.5 Å². The molecular weight excluding hydrogens is 256 g/mol. The van der Waals surface area contributed by atoms with Crippen LogP contribution in [0.3, 0.4) is 0 Å². The Balaban J connectivity index is 2.20. The maximum Gasteiger partial charge on any atom is 0.168 e. The number of ether oxygens (including phenoxy) is 1. The fourth-order valence-corrected chi connectivity index (χ4v) is 2.14. The Morgan fingerprint density at radius 3 is 2.70 bits per heavy atom. The Bertz CT molecular complexity index is 753. The molecule has 0 amide bonds. The third-order valence-corrected chi connectivity index (χ3v) is 3.16. The summed E-state index contributed by atoms with van der Waals surface area (Å²) in [5, 5.41) is 10.8. The molecule has 0 radical (unpaired) electrons. The van der Waals surface area contributed by atoms with E-state index in [-0.39, 0.29) is 17.1 Å². The first-order valence-electron chi connectivity index (χ1n) is 6.08. The number of fused-ring (bicyclic) bond motifs is 1. The van der Waals surface area contributed by atoms with Gasteiger partial charge in [0.05, 0.1) is 12.7 Å². The fraction of sp³-hybridized carbons (Fsp3) is 0.0625. The molecule has 0 aliphatic rings. The van der Waals surface area contributed by atoms with Crippen molar-refractivity contribution in [1.82, 2.24) is 0 Å². The zero-order chi connectivity index (χ0) is 14.1. The standard InChI is InChI=1S/C16H12O4/c1-19-15-8-11(6-12(9-17)16(15)18)14-7-10-4-2-3-5-13(10)20-14/h2-9,18H,1H3. The van der Waals surface area contributed by atoms with Gasteiger partial charge in [0.2, 0.25) is 0 Å². The van der Waals surface area contributed by atoms with Crippen molar-refractivity contribution in [2.45, 2.75) is 0 Å². The van der Waals surface area contributed by atoms with Crippen molar-refractivity contribution in [1.29, 1.82) is 0 Å². The van der Waals surface area contributed by atoms with E-state index in [1.165, 1.54) is 7.11 Å². The molecule has 0 fully saturated rings. The van der Waals surface area contributed by atoms with Gasteiger partial charge in [-0.3, -0.25) is 4.79 Å². The molecule has 0 saturated carbocycles. The highest BCUT2D eigenvalue weighted by Gasteiger charge is 2.13. The molecule has 3 aromatic rings. The second-order valence-electron chi connectivity index (χ2n) is 4.38. The first-order chi connectivity index (χ1) is 9.72. The van der Waals surface area contributed by atoms with E-state index >= 15 is 0 Å². The van der Waals surface area contributed by atoms with Gasteiger partial charge in [0.15, 0.2) is 17.8 Å². The molecule has 3 rings (SSSR count). The van der Waals surface area contributed by atoms with Crippen LogP contribution in [0.2, 0.25) is 0 Å². The van der Waals surface area contributed by atoms with E-state index in [0.717, 1.165) is 11.0 Å². The van der Waals surface area contributed by atoms with E-state index in [1.54, 1.807) is 12.1 Å². The molecule has 1 N–H and O–H groups in total. The maximum atomic E-state index is 11.0. The molecule has 0 spiro atoms. The number of benzene rings is 2. The van der Waals surface area contributed by atoms with E-state index in [9.17, 15) is 9.90 Å². The van der Waals surface area contributed by atoms with Crippen molar-refractivity contribution in [3.63, 3.8) is 0 Å². The molecule has 0 aliphatic carbocycles. The molecule has 0 atom stereocenters. The smallest absolute Gasteiger partial charge is 0.168 e. The highest BCUT2D eigenvalue weighted by atomic mass is 16.5. The van der Waals surface area contributed by atoms with Crippen LogP contribution in [0.15, 0.2) is 46.9 Å². The molecule has 4 heteroatoms. The number of para-hydroxylation sites is 1. The van der Waals surface area contributed by atoms with Crippen molar-refractivity contribution < 1.29 is 19.1 Å². The van der Waals surface area contributed by atoms with Crippen LogP contribution in [-0.4, -0.2) is 18.5 Å². The van der Waals surface area contributed by atoms with E-state index < -0.39 is 0 Å². The number of phenols is 1. The van der Waals surface area contributed by atoms with E-state index in [1.807, 2.05) is 30.3 Å². The van der Waals surface area contributed by atoms with Crippen LogP contribution in [0.4, 0.5) is 0 Å². The van der Waals surface area contributed by atoms with Gasteiger partial charge < -0.3 is 14.3 Å². The molecule has 0 unspecified atom stereocenters. The van der Waals surface area contributed by atoms with Crippen LogP contribution in [0.25, 0.3) is 22.3 Å². The van der Waals surface area contributed by atoms with Crippen LogP contribution in [0, 0.1) is 0 Å². The average Bonchev–Trinajstić information content (AvgIpc) is 2.91. The fourth-order valence-electron chi connectivity index (χ4n) is 2.14. The van der Waals surface area contributed by atoms with Crippen molar-refractivity contribution in [2.75, 3.05) is 7.11 Å². The minimum Gasteiger partial charge on any atom is -0.504 e. The van der Waals surface area contributed by atoms with Gasteiger partial charge in [-0.05, 0) is 24.3 Å². The molecule has 20 heavy (non-hydrogen) atoms. The molecule has 100 valence electrons. The summed E-state index contributed by atoms with van der Waals surface area (Å²) in [6, 6.07) is 12.7. The Labute approximate surface area is 115 Å². The second kappa shape index (κ2) is 4.74. The monoisotopic (exact) mass is 268 g/mol. The molecule has 1 aromatic heterocycles. The number of furan rings is 1. The molecule has 0 bridgehead atoms. The van der Waals surface area contributed by atoms with E-state index in [0.29, 0.717) is 17.6 Å². The number of aromatic hydroxyl groups is 1. The first-order valence-corrected chi connectivity index (χ1v) is 6.08. The summed E-state index contributed by atoms with van der Waals surface area (Å²) in [6.07, 6.45) is 0.587. The number of aldehydes is 1. The van der Waals surface area contributed by atoms with Gasteiger partial charge in [0.1, 0.15) is 11.3 Å². The lowest BCUT2D eigenvalue weighted by Crippen LogP contribution is -1.90. The summed E-state index contributed by atoms with van der Waals surface area (Å²) in [5.74, 6) is 0.694. The maximum absolute atomic E-state index is 11.0. The number of hydrogen-bond donors (Lipinski definition) is 1. The summed E-state index contributed by atoms with van der Waals surface area (Å²) in [6.45, 7) is 0. The number of rotatable bonds is 3. The van der Waals surface area contributed by atoms with Crippen LogP contribution in [0.1, 0.15) is 10.4 Å². The average molecular weight is 268 g/mol. The zero-order valence-corrected chi connectivity index (χ0v) is 10.8. The van der Waals surface area contributed by atoms with E-state index in [2.05, 4.69) is 0 Å². The topological polar surface area (TPSA) is 59.7 Å². The van der Waals surface area contributed by atoms with Gasteiger partial charge in [-0.2, -0.15) is 0 Å². The number of carbonyl (C=O) groups is 1. The highest BCUT2D eigenvalue weighted by molar-refractivity contribution is 5.87. The minimum absolute atomic E-state index is 0.164. The van der Waals surface area contributed by atoms with Crippen LogP contribution >= 0.6 is 0 Å². The van der Waals surface area contributed by atoms with Crippen molar-refractivity contribution >= 4 is 17.3 Å². The normalized spacial score (nSPS) is 10.7. The SMILES string of the molecule is COc1cc(-c2cc3ccccc3o2)cc(C=O)c1O. The summed E-state index contributed by atoms with van der Waals surface area (Å²) < 4.78 is 10.8. The Morgan fingerprint density at radius 2 is 2.00 bits per heavy atom. The predicted octanol–water partition coefficient (Wildman–Crippen LogP) is 3.63. The lowest BCUT2D eigenvalue weighted by molar-refractivity contribution is 0.112. The molecule has 4 nitrogen and oxygen atoms in total. The second-order valence-corrected chi connectivity index (χ2v) is 4.38. The number of phenolic OH excluding ortho intramolecular Hbond substituents is 1. The van der Waals surface area contributed by atoms with Gasteiger partial charge in [-0.25, -0.2) is 0 Å². The first kappa shape index (κ1) is 12.3. The number of carbonyl (C=O) groups excluding carboxylic acids is 1. The largest absolute Gasteiger partial charge is 0.504 e. The van der Waals surface area contributed by atoms with Gasteiger partial charge >= 0.3 is 0 Å². The predicted molar refractivity (Wildman–Crippen MR) is 75.3 cm³/mol. The summed E-state index contributed by atoms with van der Waals surface area (Å²) in [7, 11) is 1.44. The molecule has 1 heterocycles. The van der Waals surface area contributed by atoms with Gasteiger partial charge in [0, 0.05) is 10.9 Å². The van der Waals surface area contributed by atoms with Crippen molar-refractivity contribution in [3.05, 3.63) is 48.0 Å². The number of methoxy groups -OCH3 is 1. The highest BCUT2D eigenvalue weighted by Crippen LogP contribution is 2.36. The quantitative estimate of drug-likeness (QED) is 0.737. The van der Waals surface area contributed by atoms with Crippen LogP contribution in [-0.2, 0) is 0 Å². The van der Waals surface area contributed by atoms with Crippen molar-refractivity contribution in [3.8, 4) is 22.8 Å². The van der Waals surface area contributed by atoms with Gasteiger partial charge in [0.25, 0.3) is 0 Å². The Morgan fingerprint density at radius 1 is 1.20 bits per heavy atom. The van der Waals surface area contributed by atoms with Crippen LogP contribution < -0.4 is 4.74 Å². The summed E-state index contributed by atoms with van der Waals surface area (Å²) in [4.78, 5) is 11.0. The third kappa shape index (κ3) is 1.91. The third-order valence-electron chi connectivity index (χ3n) is 3.16. The molecule has 0 aliphatic heterocycles. The Kier molecular flexibility index (Phi) is 2.91. The zero-order valence-electron chi connectivity index (χ0n) is 10.8. The molecular formula is C16H12O4. The minimum atomic E-state index is -0.164. The summed E-state index contributed by atoms with van der Waals surface area (Å²) in [5.41, 5.74) is 1.61. The van der Waals surface area contributed by atoms with Gasteiger partial charge in [-0.1, -0.05) is 18.2 Å². The molecule has 0 saturated heterocycles. The van der Waals surface area contributed by atoms with Crippen molar-refractivity contribution in [2.24, 2.45) is 0 Å². The lowest BCUT2D eigenvalue weighted by Gasteiger charge is -2.07. The molecule has 2 aromatic carbocycles. The lowest BCUT2D eigenvalue weighted by atomic mass is 10.1.